The maximum Gasteiger partial charge on any atom is 0.315 e. The molecule has 0 aromatic rings. The number of carbonyl (C=O) groups is 5. The van der Waals surface area contributed by atoms with Crippen LogP contribution in [0, 0.1) is 28.6 Å². The molecule has 3 fully saturated rings. The number of fused-ring (bicyclic) bond motifs is 1. The van der Waals surface area contributed by atoms with Crippen LogP contribution in [0.1, 0.15) is 110 Å². The largest absolute Gasteiger partial charge is 0.363 e. The fourth-order valence-corrected chi connectivity index (χ4v) is 5.01. The molecule has 0 radical (unpaired) electrons. The molecule has 2 aliphatic carbocycles. The molecule has 10 nitrogen and oxygen atoms in total. The normalized spacial score (nSPS) is 34.6. The van der Waals surface area contributed by atoms with Crippen molar-refractivity contribution in [1.29, 1.82) is 0 Å². The Kier molecular flexibility index (Phi) is 3.90. The molecule has 0 spiro atoms. The van der Waals surface area contributed by atoms with E-state index in [1.54, 1.807) is 26.1 Å². The van der Waals surface area contributed by atoms with Gasteiger partial charge in [-0.2, -0.15) is 0 Å². The molecule has 10 heteroatoms. The van der Waals surface area contributed by atoms with Gasteiger partial charge in [0.1, 0.15) is 12.1 Å². The molecule has 5 atom stereocenters. The number of nitrogens with one attached hydrogen (secondary N) is 3. The minimum Gasteiger partial charge on any atom is -0.363 e. The highest BCUT2D eigenvalue weighted by atomic mass is 16.2. The predicted molar refractivity (Wildman–Crippen MR) is 144 cm³/mol. The lowest BCUT2D eigenvalue weighted by molar-refractivity contribution is -0.144. The van der Waals surface area contributed by atoms with E-state index >= 15 is 0 Å². The van der Waals surface area contributed by atoms with Gasteiger partial charge in [-0.15, -0.1) is 0 Å². The van der Waals surface area contributed by atoms with Gasteiger partial charge in [0.25, 0.3) is 5.91 Å². The third kappa shape index (κ3) is 6.86. The number of Topliss-reactive ketones (excluding diaryl/α,β-unsaturated/α-hetero) is 1. The molecule has 0 bridgehead atoms. The van der Waals surface area contributed by atoms with Crippen molar-refractivity contribution in [3.8, 4) is 0 Å². The number of primary amides is 1. The Labute approximate surface area is 250 Å². The van der Waals surface area contributed by atoms with Crippen LogP contribution >= 0.6 is 0 Å². The molecule has 0 aromatic carbocycles. The Balaban J connectivity index is 2.15. The van der Waals surface area contributed by atoms with Crippen LogP contribution in [-0.2, 0) is 19.2 Å². The molecule has 1 heterocycles. The van der Waals surface area contributed by atoms with Gasteiger partial charge >= 0.3 is 6.03 Å². The molecule has 3 aliphatic rings. The van der Waals surface area contributed by atoms with E-state index in [4.69, 9.17) is 29.0 Å². The lowest BCUT2D eigenvalue weighted by atomic mass is 9.80. The van der Waals surface area contributed by atoms with Crippen molar-refractivity contribution in [2.24, 2.45) is 34.3 Å². The number of urea groups is 1. The number of hydrogen-bond acceptors (Lipinski definition) is 5. The molecule has 3 rings (SSSR count). The fraction of sp³-hybridized carbons (Fsp3) is 0.821. The Morgan fingerprint density at radius 3 is 2.24 bits per heavy atom. The van der Waals surface area contributed by atoms with Crippen LogP contribution < -0.4 is 21.7 Å². The maximum atomic E-state index is 14.5. The van der Waals surface area contributed by atoms with Crippen LogP contribution in [0.3, 0.4) is 0 Å². The fourth-order valence-electron chi connectivity index (χ4n) is 5.01. The average molecular weight is 551 g/mol. The summed E-state index contributed by atoms with van der Waals surface area (Å²) in [5.41, 5.74) is -2.17. The Morgan fingerprint density at radius 2 is 1.74 bits per heavy atom. The van der Waals surface area contributed by atoms with Crippen molar-refractivity contribution >= 4 is 29.5 Å². The molecule has 1 unspecified atom stereocenters. The minimum absolute atomic E-state index is 0.264. The third-order valence-electron chi connectivity index (χ3n) is 7.08. The first kappa shape index (κ1) is 14.1. The number of nitrogens with two attached hydrogens (primary N) is 1. The van der Waals surface area contributed by atoms with E-state index in [1.807, 2.05) is 0 Å². The summed E-state index contributed by atoms with van der Waals surface area (Å²) < 4.78 is 137. The van der Waals surface area contributed by atoms with Crippen molar-refractivity contribution in [1.82, 2.24) is 20.9 Å². The van der Waals surface area contributed by atoms with E-state index in [9.17, 15) is 24.0 Å². The Hall–Kier alpha value is -2.65. The van der Waals surface area contributed by atoms with Crippen molar-refractivity contribution in [3.63, 3.8) is 0 Å². The second-order valence-corrected chi connectivity index (χ2v) is 11.6. The molecule has 1 aliphatic heterocycles. The van der Waals surface area contributed by atoms with Crippen molar-refractivity contribution in [2.45, 2.75) is 111 Å². The molecule has 214 valence electrons. The average Bonchev–Trinajstić information content (AvgIpc) is 3.44. The number of likely N-dealkylation sites (tertiary alicyclic amines) is 1. The Morgan fingerprint density at radius 1 is 1.08 bits per heavy atom. The molecule has 1 saturated heterocycles. The lowest BCUT2D eigenvalue weighted by Crippen LogP contribution is -2.60. The first-order valence-electron chi connectivity index (χ1n) is 20.9. The van der Waals surface area contributed by atoms with Gasteiger partial charge in [-0.05, 0) is 61.9 Å². The molecule has 2 saturated carbocycles. The summed E-state index contributed by atoms with van der Waals surface area (Å²) >= 11 is 0. The molecule has 38 heavy (non-hydrogen) atoms. The van der Waals surface area contributed by atoms with Crippen LogP contribution in [0.2, 0.25) is 0 Å². The lowest BCUT2D eigenvalue weighted by Gasteiger charge is -2.36. The van der Waals surface area contributed by atoms with Gasteiger partial charge in [-0.3, -0.25) is 19.2 Å². The second kappa shape index (κ2) is 10.5. The quantitative estimate of drug-likeness (QED) is 0.324. The monoisotopic (exact) mass is 550 g/mol. The predicted octanol–water partition coefficient (Wildman–Crippen LogP) is 2.10. The number of rotatable bonds is 9. The molecule has 5 N–H and O–H groups in total. The number of amides is 5. The Bertz CT molecular complexity index is 1490. The van der Waals surface area contributed by atoms with Gasteiger partial charge < -0.3 is 26.6 Å². The highest BCUT2D eigenvalue weighted by molar-refractivity contribution is 6.37. The summed E-state index contributed by atoms with van der Waals surface area (Å²) in [6.45, 7) is -14.2. The van der Waals surface area contributed by atoms with Gasteiger partial charge in [-0.1, -0.05) is 53.7 Å². The highest BCUT2D eigenvalue weighted by Gasteiger charge is 2.69. The molecule has 0 aromatic heterocycles. The zero-order valence-corrected chi connectivity index (χ0v) is 21.6. The summed E-state index contributed by atoms with van der Waals surface area (Å²) in [6.07, 6.45) is -1.86. The first-order chi connectivity index (χ1) is 24.3. The summed E-state index contributed by atoms with van der Waals surface area (Å²) in [5.74, 6) is -9.73. The molecular weight excluding hydrogens is 486 g/mol. The number of hydrogen-bond donors (Lipinski definition) is 4. The zero-order chi connectivity index (χ0) is 43.1. The summed E-state index contributed by atoms with van der Waals surface area (Å²) in [6, 6.07) is -7.89. The summed E-state index contributed by atoms with van der Waals surface area (Å²) in [5, 5.41) is 5.75. The van der Waals surface area contributed by atoms with E-state index < -0.39 is 129 Å². The number of nitrogens with zero attached hydrogens (tertiary/aromatic N) is 1. The molecule has 5 amide bonds. The van der Waals surface area contributed by atoms with Gasteiger partial charge in [0.15, 0.2) is 0 Å². The van der Waals surface area contributed by atoms with Gasteiger partial charge in [0.2, 0.25) is 17.6 Å². The maximum absolute atomic E-state index is 14.5. The summed E-state index contributed by atoms with van der Waals surface area (Å²) in [4.78, 5) is 67.9. The van der Waals surface area contributed by atoms with Gasteiger partial charge in [-0.25, -0.2) is 4.79 Å². The smallest absolute Gasteiger partial charge is 0.315 e. The van der Waals surface area contributed by atoms with Crippen LogP contribution in [0.25, 0.3) is 0 Å². The number of carbonyl (C=O) groups excluding carboxylic acids is 5. The van der Waals surface area contributed by atoms with Gasteiger partial charge in [0.05, 0.1) is 6.04 Å². The van der Waals surface area contributed by atoms with Crippen LogP contribution in [0.4, 0.5) is 4.79 Å². The van der Waals surface area contributed by atoms with E-state index in [-0.39, 0.29) is 19.3 Å². The van der Waals surface area contributed by atoms with Crippen LogP contribution in [0.5, 0.6) is 0 Å². The van der Waals surface area contributed by atoms with Crippen molar-refractivity contribution < 1.29 is 47.3 Å². The SMILES string of the molecule is [2H]C([2H])(C1CCC1)C(NC(=O)[C@@H]1[C@@H]2[C@H](CN1C(=O)[C@H](CC(C)(C)C)NC(=O)NC(C([2H])([2H])[2H])(C([2H])([2H])[2H])C([2H])([2H])[2H])C2(C([2H])([2H])[2H])C([2H])([2H])[2H])C(=O)C(N)=O. The van der Waals surface area contributed by atoms with E-state index in [2.05, 4.69) is 10.6 Å². The molecular formula is C28H47N5O5. The van der Waals surface area contributed by atoms with E-state index in [0.717, 1.165) is 0 Å². The van der Waals surface area contributed by atoms with Crippen molar-refractivity contribution in [3.05, 3.63) is 0 Å². The van der Waals surface area contributed by atoms with Gasteiger partial charge in [0, 0.05) is 35.4 Å². The third-order valence-corrected chi connectivity index (χ3v) is 7.08. The van der Waals surface area contributed by atoms with Crippen LogP contribution in [-0.4, -0.2) is 64.6 Å². The standard InChI is InChI=1S/C28H47N5O5/c1-26(2,3)13-18(31-25(38)32-27(4,5)6)24(37)33-14-16-19(28(16,7)8)20(33)23(36)30-17(21(34)22(29)35)12-15-10-9-11-15/h15-20H,9-14H2,1-8H3,(H2,29,35)(H,30,36)(H2,31,32,38)/t16-,17?,18-,19-,20-/m0/s1/i4D3,5D3,6D3,7D3,8D3,12D2. The summed E-state index contributed by atoms with van der Waals surface area (Å²) in [7, 11) is 0. The minimum atomic E-state index is -3.87. The highest BCUT2D eigenvalue weighted by Crippen LogP contribution is 2.65. The number of piperidine rings is 1. The van der Waals surface area contributed by atoms with Crippen LogP contribution in [0.15, 0.2) is 0 Å². The van der Waals surface area contributed by atoms with E-state index in [1.165, 1.54) is 0 Å². The first-order valence-corrected chi connectivity index (χ1v) is 12.4. The second-order valence-electron chi connectivity index (χ2n) is 11.6. The topological polar surface area (TPSA) is 151 Å². The van der Waals surface area contributed by atoms with E-state index in [0.29, 0.717) is 11.3 Å². The zero-order valence-electron chi connectivity index (χ0n) is 38.6. The number of ketones is 1. The van der Waals surface area contributed by atoms with Crippen molar-refractivity contribution in [2.75, 3.05) is 6.54 Å².